The Balaban J connectivity index is 0.00000182. The molecule has 1 atom stereocenters. The first-order valence-electron chi connectivity index (χ1n) is 7.99. The van der Waals surface area contributed by atoms with Crippen LogP contribution in [0.4, 0.5) is 0 Å². The summed E-state index contributed by atoms with van der Waals surface area (Å²) in [7, 11) is 0. The van der Waals surface area contributed by atoms with E-state index in [1.807, 2.05) is 47.5 Å². The van der Waals surface area contributed by atoms with Gasteiger partial charge in [0.25, 0.3) is 5.91 Å². The molecule has 1 fully saturated rings. The number of amides is 1. The van der Waals surface area contributed by atoms with Crippen molar-refractivity contribution in [2.45, 2.75) is 19.4 Å². The summed E-state index contributed by atoms with van der Waals surface area (Å²) in [6.07, 6.45) is 0.867. The molecule has 1 amide bonds. The molecule has 0 spiro atoms. The highest BCUT2D eigenvalue weighted by Gasteiger charge is 2.24. The van der Waals surface area contributed by atoms with Gasteiger partial charge >= 0.3 is 0 Å². The van der Waals surface area contributed by atoms with Gasteiger partial charge in [0.2, 0.25) is 0 Å². The van der Waals surface area contributed by atoms with E-state index in [1.165, 1.54) is 0 Å². The van der Waals surface area contributed by atoms with Crippen LogP contribution in [0.2, 0.25) is 0 Å². The normalized spacial score (nSPS) is 16.9. The average Bonchev–Trinajstić information content (AvgIpc) is 3.22. The number of fused-ring (bicyclic) bond motifs is 1. The summed E-state index contributed by atoms with van der Waals surface area (Å²) >= 11 is 1.60. The molecule has 5 nitrogen and oxygen atoms in total. The van der Waals surface area contributed by atoms with Gasteiger partial charge in [-0.2, -0.15) is 0 Å². The number of nitrogens with zero attached hydrogens (tertiary/aromatic N) is 3. The van der Waals surface area contributed by atoms with Gasteiger partial charge < -0.3 is 10.6 Å². The Morgan fingerprint density at radius 1 is 1.32 bits per heavy atom. The van der Waals surface area contributed by atoms with E-state index >= 15 is 0 Å². The average molecular weight is 375 g/mol. The fraction of sp³-hybridized carbons (Fsp3) is 0.278. The van der Waals surface area contributed by atoms with Crippen LogP contribution in [-0.4, -0.2) is 39.9 Å². The molecule has 1 aliphatic heterocycles. The molecule has 130 valence electrons. The highest BCUT2D eigenvalue weighted by Crippen LogP contribution is 2.30. The van der Waals surface area contributed by atoms with Gasteiger partial charge in [0.15, 0.2) is 0 Å². The number of halogens is 1. The number of hydrogen-bond donors (Lipinski definition) is 1. The molecule has 2 aromatic heterocycles. The van der Waals surface area contributed by atoms with Crippen molar-refractivity contribution in [2.75, 3.05) is 13.1 Å². The summed E-state index contributed by atoms with van der Waals surface area (Å²) in [6, 6.07) is 9.80. The largest absolute Gasteiger partial charge is 0.337 e. The molecular formula is C18H19ClN4OS. The lowest BCUT2D eigenvalue weighted by Crippen LogP contribution is -2.31. The topological polar surface area (TPSA) is 72.1 Å². The fourth-order valence-electron chi connectivity index (χ4n) is 3.14. The van der Waals surface area contributed by atoms with E-state index in [9.17, 15) is 4.79 Å². The SMILES string of the molecule is Cc1nc(-c2cccc(C(=O)N3CCC(N)C3)c2)c2ccsc2n1.Cl. The lowest BCUT2D eigenvalue weighted by atomic mass is 10.0. The number of nitrogens with two attached hydrogens (primary N) is 1. The Labute approximate surface area is 156 Å². The van der Waals surface area contributed by atoms with E-state index in [0.717, 1.165) is 40.3 Å². The number of carbonyl (C=O) groups excluding carboxylic acids is 1. The van der Waals surface area contributed by atoms with Crippen LogP contribution < -0.4 is 5.73 Å². The smallest absolute Gasteiger partial charge is 0.253 e. The zero-order valence-corrected chi connectivity index (χ0v) is 15.4. The van der Waals surface area contributed by atoms with E-state index in [2.05, 4.69) is 9.97 Å². The van der Waals surface area contributed by atoms with Gasteiger partial charge in [0.05, 0.1) is 5.69 Å². The summed E-state index contributed by atoms with van der Waals surface area (Å²) in [6.45, 7) is 3.25. The first kappa shape index (κ1) is 17.8. The van der Waals surface area contributed by atoms with Gasteiger partial charge in [-0.1, -0.05) is 12.1 Å². The molecule has 1 unspecified atom stereocenters. The highest BCUT2D eigenvalue weighted by molar-refractivity contribution is 7.16. The van der Waals surface area contributed by atoms with Crippen molar-refractivity contribution in [3.63, 3.8) is 0 Å². The molecule has 3 heterocycles. The van der Waals surface area contributed by atoms with Gasteiger partial charge in [-0.3, -0.25) is 4.79 Å². The predicted octanol–water partition coefficient (Wildman–Crippen LogP) is 3.26. The van der Waals surface area contributed by atoms with Crippen molar-refractivity contribution in [3.05, 3.63) is 47.1 Å². The van der Waals surface area contributed by atoms with Crippen molar-refractivity contribution in [3.8, 4) is 11.3 Å². The Morgan fingerprint density at radius 3 is 2.92 bits per heavy atom. The van der Waals surface area contributed by atoms with Crippen LogP contribution in [-0.2, 0) is 0 Å². The third-order valence-electron chi connectivity index (χ3n) is 4.33. The van der Waals surface area contributed by atoms with Gasteiger partial charge in [0.1, 0.15) is 10.7 Å². The van der Waals surface area contributed by atoms with Gasteiger partial charge in [-0.15, -0.1) is 23.7 Å². The molecule has 4 rings (SSSR count). The third kappa shape index (κ3) is 3.38. The molecule has 0 aliphatic carbocycles. The van der Waals surface area contributed by atoms with Crippen LogP contribution in [0.25, 0.3) is 21.5 Å². The summed E-state index contributed by atoms with van der Waals surface area (Å²) in [4.78, 5) is 24.6. The first-order chi connectivity index (χ1) is 11.6. The zero-order valence-electron chi connectivity index (χ0n) is 13.8. The molecule has 3 aromatic rings. The third-order valence-corrected chi connectivity index (χ3v) is 5.14. The Bertz CT molecular complexity index is 926. The van der Waals surface area contributed by atoms with Crippen LogP contribution in [0.15, 0.2) is 35.7 Å². The Hall–Kier alpha value is -2.02. The number of aromatic nitrogens is 2. The predicted molar refractivity (Wildman–Crippen MR) is 103 cm³/mol. The zero-order chi connectivity index (χ0) is 16.7. The van der Waals surface area contributed by atoms with Crippen molar-refractivity contribution < 1.29 is 4.79 Å². The summed E-state index contributed by atoms with van der Waals surface area (Å²) in [5, 5.41) is 3.04. The maximum Gasteiger partial charge on any atom is 0.253 e. The Morgan fingerprint density at radius 2 is 2.16 bits per heavy atom. The Kier molecular flexibility index (Phi) is 5.03. The van der Waals surface area contributed by atoms with Gasteiger partial charge in [-0.25, -0.2) is 9.97 Å². The summed E-state index contributed by atoms with van der Waals surface area (Å²) < 4.78 is 0. The van der Waals surface area contributed by atoms with E-state index in [1.54, 1.807) is 11.3 Å². The maximum atomic E-state index is 12.7. The minimum Gasteiger partial charge on any atom is -0.337 e. The molecule has 0 saturated carbocycles. The lowest BCUT2D eigenvalue weighted by Gasteiger charge is -2.16. The lowest BCUT2D eigenvalue weighted by molar-refractivity contribution is 0.0791. The van der Waals surface area contributed by atoms with E-state index < -0.39 is 0 Å². The second-order valence-electron chi connectivity index (χ2n) is 6.14. The maximum absolute atomic E-state index is 12.7. The molecule has 25 heavy (non-hydrogen) atoms. The number of hydrogen-bond acceptors (Lipinski definition) is 5. The number of rotatable bonds is 2. The van der Waals surface area contributed by atoms with Gasteiger partial charge in [0, 0.05) is 35.6 Å². The van der Waals surface area contributed by atoms with Crippen LogP contribution in [0, 0.1) is 6.92 Å². The molecule has 1 aromatic carbocycles. The van der Waals surface area contributed by atoms with E-state index in [-0.39, 0.29) is 24.4 Å². The second-order valence-corrected chi connectivity index (χ2v) is 7.03. The second kappa shape index (κ2) is 7.07. The van der Waals surface area contributed by atoms with Crippen molar-refractivity contribution in [1.29, 1.82) is 0 Å². The number of likely N-dealkylation sites (tertiary alicyclic amines) is 1. The van der Waals surface area contributed by atoms with E-state index in [0.29, 0.717) is 12.1 Å². The molecule has 0 radical (unpaired) electrons. The van der Waals surface area contributed by atoms with Crippen molar-refractivity contribution >= 4 is 39.9 Å². The molecular weight excluding hydrogens is 356 g/mol. The van der Waals surface area contributed by atoms with Crippen LogP contribution in [0.1, 0.15) is 22.6 Å². The highest BCUT2D eigenvalue weighted by atomic mass is 35.5. The first-order valence-corrected chi connectivity index (χ1v) is 8.87. The fourth-order valence-corrected chi connectivity index (χ4v) is 3.95. The standard InChI is InChI=1S/C18H18N4OS.ClH/c1-11-20-16(15-6-8-24-17(15)21-11)12-3-2-4-13(9-12)18(23)22-7-5-14(19)10-22;/h2-4,6,8-9,14H,5,7,10,19H2,1H3;1H. The summed E-state index contributed by atoms with van der Waals surface area (Å²) in [5.41, 5.74) is 8.42. The van der Waals surface area contributed by atoms with Crippen molar-refractivity contribution in [1.82, 2.24) is 14.9 Å². The minimum atomic E-state index is 0. The minimum absolute atomic E-state index is 0. The number of carbonyl (C=O) groups is 1. The van der Waals surface area contributed by atoms with Crippen molar-refractivity contribution in [2.24, 2.45) is 5.73 Å². The number of benzene rings is 1. The van der Waals surface area contributed by atoms with Crippen LogP contribution in [0.5, 0.6) is 0 Å². The molecule has 0 bridgehead atoms. The molecule has 1 saturated heterocycles. The van der Waals surface area contributed by atoms with Gasteiger partial charge in [-0.05, 0) is 36.9 Å². The molecule has 2 N–H and O–H groups in total. The van der Waals surface area contributed by atoms with Crippen LogP contribution >= 0.6 is 23.7 Å². The molecule has 1 aliphatic rings. The number of aryl methyl sites for hydroxylation is 1. The summed E-state index contributed by atoms with van der Waals surface area (Å²) in [5.74, 6) is 0.777. The molecule has 7 heteroatoms. The van der Waals surface area contributed by atoms with E-state index in [4.69, 9.17) is 5.73 Å². The quantitative estimate of drug-likeness (QED) is 0.747. The number of thiophene rings is 1. The van der Waals surface area contributed by atoms with Crippen LogP contribution in [0.3, 0.4) is 0 Å². The monoisotopic (exact) mass is 374 g/mol.